The largest absolute Gasteiger partial charge is 0.477 e. The number of fused-ring (bicyclic) bond motifs is 1. The van der Waals surface area contributed by atoms with Crippen LogP contribution in [0.3, 0.4) is 0 Å². The number of esters is 1. The SMILES string of the molecule is CCOC(=O)C1=C(c2ccccc2)N=c2s/c(=C\c3cc(Br)cc(I)c3OCC#N)c(=O)n2[C@H]1c1ccc(F)cc1. The van der Waals surface area contributed by atoms with Crippen molar-refractivity contribution in [1.82, 2.24) is 4.57 Å². The number of rotatable bonds is 7. The Labute approximate surface area is 260 Å². The zero-order valence-electron chi connectivity index (χ0n) is 21.4. The molecule has 4 aromatic rings. The fourth-order valence-corrected chi connectivity index (χ4v) is 7.18. The maximum Gasteiger partial charge on any atom is 0.338 e. The minimum atomic E-state index is -0.916. The van der Waals surface area contributed by atoms with E-state index in [1.807, 2.05) is 42.5 Å². The first kappa shape index (κ1) is 28.9. The lowest BCUT2D eigenvalue weighted by Gasteiger charge is -2.25. The highest BCUT2D eigenvalue weighted by molar-refractivity contribution is 14.1. The van der Waals surface area contributed by atoms with Gasteiger partial charge in [0, 0.05) is 15.6 Å². The van der Waals surface area contributed by atoms with Crippen LogP contribution in [0.2, 0.25) is 0 Å². The van der Waals surface area contributed by atoms with Crippen molar-refractivity contribution in [2.45, 2.75) is 13.0 Å². The van der Waals surface area contributed by atoms with E-state index >= 15 is 0 Å². The van der Waals surface area contributed by atoms with Crippen LogP contribution >= 0.6 is 49.9 Å². The number of benzene rings is 3. The van der Waals surface area contributed by atoms with E-state index in [4.69, 9.17) is 19.7 Å². The Balaban J connectivity index is 1.82. The number of nitriles is 1. The lowest BCUT2D eigenvalue weighted by atomic mass is 9.93. The molecule has 0 N–H and O–H groups in total. The standard InChI is InChI=1S/C30H20BrFIN3O4S/c1-2-39-29(38)24-25(17-6-4-3-5-7-17)35-30-36(26(24)18-8-10-21(32)11-9-18)28(37)23(41-30)15-19-14-20(31)16-22(33)27(19)40-13-12-34/h3-11,14-16,26H,2,13H2,1H3/b23-15-/t26-/m0/s1. The van der Waals surface area contributed by atoms with E-state index in [2.05, 4.69) is 38.5 Å². The van der Waals surface area contributed by atoms with Crippen molar-refractivity contribution in [1.29, 1.82) is 5.26 Å². The van der Waals surface area contributed by atoms with Crippen molar-refractivity contribution in [2.75, 3.05) is 13.2 Å². The van der Waals surface area contributed by atoms with E-state index in [0.29, 0.717) is 37.5 Å². The third-order valence-corrected chi connectivity index (χ3v) is 8.41. The van der Waals surface area contributed by atoms with Gasteiger partial charge in [-0.2, -0.15) is 5.26 Å². The molecule has 2 heterocycles. The molecule has 1 aliphatic heterocycles. The topological polar surface area (TPSA) is 93.7 Å². The number of carbonyl (C=O) groups is 1. The summed E-state index contributed by atoms with van der Waals surface area (Å²) in [6, 6.07) is 19.6. The fraction of sp³-hybridized carbons (Fsp3) is 0.133. The Morgan fingerprint density at radius 3 is 2.63 bits per heavy atom. The molecule has 5 rings (SSSR count). The van der Waals surface area contributed by atoms with E-state index in [1.54, 1.807) is 31.2 Å². The predicted molar refractivity (Wildman–Crippen MR) is 165 cm³/mol. The van der Waals surface area contributed by atoms with Gasteiger partial charge in [-0.25, -0.2) is 14.2 Å². The molecule has 0 saturated heterocycles. The summed E-state index contributed by atoms with van der Waals surface area (Å²) in [5, 5.41) is 9.06. The number of ether oxygens (including phenoxy) is 2. The number of hydrogen-bond acceptors (Lipinski definition) is 7. The smallest absolute Gasteiger partial charge is 0.338 e. The first-order valence-corrected chi connectivity index (χ1v) is 15.0. The van der Waals surface area contributed by atoms with E-state index in [1.165, 1.54) is 16.7 Å². The van der Waals surface area contributed by atoms with Gasteiger partial charge in [-0.15, -0.1) is 0 Å². The Hall–Kier alpha value is -3.60. The lowest BCUT2D eigenvalue weighted by Crippen LogP contribution is -2.40. The average Bonchev–Trinajstić information content (AvgIpc) is 3.27. The van der Waals surface area contributed by atoms with Crippen LogP contribution in [0.5, 0.6) is 5.75 Å². The highest BCUT2D eigenvalue weighted by Gasteiger charge is 2.35. The van der Waals surface area contributed by atoms with Crippen molar-refractivity contribution in [3.63, 3.8) is 0 Å². The van der Waals surface area contributed by atoms with Crippen LogP contribution in [0, 0.1) is 20.7 Å². The summed E-state index contributed by atoms with van der Waals surface area (Å²) in [6.45, 7) is 1.67. The highest BCUT2D eigenvalue weighted by Crippen LogP contribution is 2.35. The van der Waals surface area contributed by atoms with Crippen LogP contribution in [0.4, 0.5) is 4.39 Å². The second kappa shape index (κ2) is 12.5. The number of carbonyl (C=O) groups excluding carboxylic acids is 1. The van der Waals surface area contributed by atoms with Gasteiger partial charge in [0.25, 0.3) is 5.56 Å². The van der Waals surface area contributed by atoms with E-state index in [0.717, 1.165) is 19.4 Å². The zero-order chi connectivity index (χ0) is 29.1. The number of hydrogen-bond donors (Lipinski definition) is 0. The van der Waals surface area contributed by atoms with Crippen molar-refractivity contribution in [3.05, 3.63) is 123 Å². The highest BCUT2D eigenvalue weighted by atomic mass is 127. The first-order chi connectivity index (χ1) is 19.8. The monoisotopic (exact) mass is 743 g/mol. The zero-order valence-corrected chi connectivity index (χ0v) is 26.0. The van der Waals surface area contributed by atoms with Gasteiger partial charge in [0.15, 0.2) is 11.4 Å². The number of aromatic nitrogens is 1. The molecular weight excluding hydrogens is 724 g/mol. The molecule has 0 saturated carbocycles. The number of halogens is 3. The van der Waals surface area contributed by atoms with Gasteiger partial charge < -0.3 is 9.47 Å². The summed E-state index contributed by atoms with van der Waals surface area (Å²) >= 11 is 6.76. The molecule has 11 heteroatoms. The Bertz CT molecular complexity index is 1900. The summed E-state index contributed by atoms with van der Waals surface area (Å²) < 4.78 is 28.4. The molecule has 0 spiro atoms. The second-order valence-corrected chi connectivity index (χ2v) is 11.8. The summed E-state index contributed by atoms with van der Waals surface area (Å²) in [5.74, 6) is -0.596. The van der Waals surface area contributed by atoms with Gasteiger partial charge in [0.2, 0.25) is 0 Å². The van der Waals surface area contributed by atoms with Crippen LogP contribution < -0.4 is 19.6 Å². The van der Waals surface area contributed by atoms with Crippen molar-refractivity contribution >= 4 is 67.6 Å². The van der Waals surface area contributed by atoms with E-state index in [-0.39, 0.29) is 18.8 Å². The number of thiazole rings is 1. The van der Waals surface area contributed by atoms with Crippen molar-refractivity contribution in [2.24, 2.45) is 4.99 Å². The molecule has 0 fully saturated rings. The second-order valence-electron chi connectivity index (χ2n) is 8.74. The Morgan fingerprint density at radius 2 is 1.95 bits per heavy atom. The van der Waals surface area contributed by atoms with Gasteiger partial charge in [-0.3, -0.25) is 9.36 Å². The molecule has 7 nitrogen and oxygen atoms in total. The van der Waals surface area contributed by atoms with Crippen molar-refractivity contribution < 1.29 is 18.7 Å². The van der Waals surface area contributed by atoms with Gasteiger partial charge in [0.05, 0.1) is 32.0 Å². The molecule has 1 aliphatic rings. The van der Waals surface area contributed by atoms with E-state index < -0.39 is 23.4 Å². The lowest BCUT2D eigenvalue weighted by molar-refractivity contribution is -0.138. The Morgan fingerprint density at radius 1 is 1.22 bits per heavy atom. The molecule has 206 valence electrons. The average molecular weight is 744 g/mol. The normalized spacial score (nSPS) is 14.7. The third kappa shape index (κ3) is 5.91. The maximum absolute atomic E-state index is 14.1. The van der Waals surface area contributed by atoms with Crippen LogP contribution in [-0.2, 0) is 9.53 Å². The molecule has 0 unspecified atom stereocenters. The third-order valence-electron chi connectivity index (χ3n) is 6.16. The maximum atomic E-state index is 14.1. The van der Waals surface area contributed by atoms with Gasteiger partial charge in [-0.1, -0.05) is 69.7 Å². The molecular formula is C30H20BrFIN3O4S. The molecule has 0 bridgehead atoms. The van der Waals surface area contributed by atoms with Gasteiger partial charge >= 0.3 is 5.97 Å². The molecule has 1 aromatic heterocycles. The van der Waals surface area contributed by atoms with Gasteiger partial charge in [0.1, 0.15) is 17.6 Å². The Kier molecular flexibility index (Phi) is 8.82. The van der Waals surface area contributed by atoms with Crippen LogP contribution in [0.25, 0.3) is 11.8 Å². The summed E-state index contributed by atoms with van der Waals surface area (Å²) in [4.78, 5) is 32.7. The first-order valence-electron chi connectivity index (χ1n) is 12.3. The van der Waals surface area contributed by atoms with Crippen molar-refractivity contribution in [3.8, 4) is 11.8 Å². The predicted octanol–water partition coefficient (Wildman–Crippen LogP) is 5.34. The van der Waals surface area contributed by atoms with E-state index in [9.17, 15) is 14.0 Å². The molecule has 3 aromatic carbocycles. The quantitative estimate of drug-likeness (QED) is 0.188. The van der Waals surface area contributed by atoms with Crippen LogP contribution in [0.15, 0.2) is 86.6 Å². The van der Waals surface area contributed by atoms with Crippen LogP contribution in [-0.4, -0.2) is 23.8 Å². The molecule has 41 heavy (non-hydrogen) atoms. The molecule has 0 radical (unpaired) electrons. The molecule has 1 atom stereocenters. The minimum absolute atomic E-state index is 0.123. The van der Waals surface area contributed by atoms with Gasteiger partial charge in [-0.05, 0) is 65.4 Å². The summed E-state index contributed by atoms with van der Waals surface area (Å²) in [7, 11) is 0. The summed E-state index contributed by atoms with van der Waals surface area (Å²) in [6.07, 6.45) is 1.68. The minimum Gasteiger partial charge on any atom is -0.477 e. The molecule has 0 amide bonds. The van der Waals surface area contributed by atoms with Crippen LogP contribution in [0.1, 0.15) is 29.7 Å². The summed E-state index contributed by atoms with van der Waals surface area (Å²) in [5.41, 5.74) is 1.96. The molecule has 0 aliphatic carbocycles. The number of nitrogens with zero attached hydrogens (tertiary/aromatic N) is 3. The fourth-order valence-electron chi connectivity index (χ4n) is 4.49.